The van der Waals surface area contributed by atoms with Gasteiger partial charge in [-0.1, -0.05) is 84.0 Å². The van der Waals surface area contributed by atoms with Crippen LogP contribution >= 0.6 is 0 Å². The van der Waals surface area contributed by atoms with E-state index in [9.17, 15) is 0 Å². The molecule has 5 atom stereocenters. The van der Waals surface area contributed by atoms with Crippen LogP contribution in [0.25, 0.3) is 0 Å². The fraction of sp³-hybridized carbons (Fsp3) is 0.733. The molecule has 198 valence electrons. The fourth-order valence-corrected chi connectivity index (χ4v) is 7.58. The second-order valence-electron chi connectivity index (χ2n) is 13.9. The van der Waals surface area contributed by atoms with Crippen molar-refractivity contribution in [2.45, 2.75) is 122 Å². The van der Waals surface area contributed by atoms with Gasteiger partial charge in [-0.15, -0.1) is 0 Å². The number of ether oxygens (including phenoxy) is 1. The van der Waals surface area contributed by atoms with Crippen LogP contribution in [0.4, 0.5) is 0 Å². The number of benzene rings is 1. The fourth-order valence-electron chi connectivity index (χ4n) is 4.91. The third-order valence-corrected chi connectivity index (χ3v) is 18.3. The van der Waals surface area contributed by atoms with E-state index in [1.165, 1.54) is 5.56 Å². The zero-order valence-corrected chi connectivity index (χ0v) is 26.2. The lowest BCUT2D eigenvalue weighted by Gasteiger charge is -2.40. The minimum absolute atomic E-state index is 0.131. The number of aryl methyl sites for hydroxylation is 1. The topological polar surface area (TPSA) is 27.7 Å². The van der Waals surface area contributed by atoms with Crippen LogP contribution in [-0.4, -0.2) is 41.6 Å². The zero-order valence-electron chi connectivity index (χ0n) is 24.2. The highest BCUT2D eigenvalue weighted by Crippen LogP contribution is 2.47. The van der Waals surface area contributed by atoms with Crippen LogP contribution in [0.3, 0.4) is 0 Å². The maximum atomic E-state index is 7.00. The van der Waals surface area contributed by atoms with Gasteiger partial charge in [0, 0.05) is 12.5 Å². The zero-order chi connectivity index (χ0) is 26.1. The van der Waals surface area contributed by atoms with E-state index in [4.69, 9.17) is 13.6 Å². The van der Waals surface area contributed by atoms with Gasteiger partial charge in [-0.3, -0.25) is 0 Å². The molecular formula is C30H52O3Si2. The molecule has 0 amide bonds. The number of hydrogen-bond donors (Lipinski definition) is 0. The number of hydrogen-bond acceptors (Lipinski definition) is 3. The Morgan fingerprint density at radius 2 is 1.60 bits per heavy atom. The normalized spacial score (nSPS) is 26.9. The van der Waals surface area contributed by atoms with Crippen LogP contribution in [0.15, 0.2) is 42.5 Å². The summed E-state index contributed by atoms with van der Waals surface area (Å²) >= 11 is 0. The van der Waals surface area contributed by atoms with E-state index in [1.807, 2.05) is 0 Å². The van der Waals surface area contributed by atoms with Gasteiger partial charge in [-0.05, 0) is 73.4 Å². The molecule has 1 saturated carbocycles. The molecule has 0 unspecified atom stereocenters. The predicted molar refractivity (Wildman–Crippen MR) is 154 cm³/mol. The van der Waals surface area contributed by atoms with Gasteiger partial charge in [0.05, 0.1) is 18.3 Å². The van der Waals surface area contributed by atoms with Crippen LogP contribution in [0.5, 0.6) is 0 Å². The molecular weight excluding hydrogens is 464 g/mol. The van der Waals surface area contributed by atoms with Gasteiger partial charge < -0.3 is 13.6 Å². The number of fused-ring (bicyclic) bond motifs is 1. The highest BCUT2D eigenvalue weighted by atomic mass is 28.4. The molecule has 0 bridgehead atoms. The van der Waals surface area contributed by atoms with E-state index in [0.717, 1.165) is 32.3 Å². The minimum Gasteiger partial charge on any atom is -0.413 e. The summed E-state index contributed by atoms with van der Waals surface area (Å²) in [6, 6.07) is 10.8. The summed E-state index contributed by atoms with van der Waals surface area (Å²) in [6.45, 7) is 24.4. The molecule has 0 radical (unpaired) electrons. The van der Waals surface area contributed by atoms with E-state index < -0.39 is 16.6 Å². The van der Waals surface area contributed by atoms with Gasteiger partial charge in [0.1, 0.15) is 0 Å². The molecule has 0 N–H and O–H groups in total. The SMILES string of the molecule is CC(C)(C)[Si](C)(C)O[C@H](/C=C/[C@@H]1[C@H]2CCO[C@H]2C[C@H]1O[Si](C)(C)C(C)(C)C)CCc1ccccc1. The lowest BCUT2D eigenvalue weighted by Crippen LogP contribution is -2.45. The Kier molecular flexibility index (Phi) is 9.02. The summed E-state index contributed by atoms with van der Waals surface area (Å²) in [4.78, 5) is 0. The Bertz CT molecular complexity index is 835. The van der Waals surface area contributed by atoms with Crippen LogP contribution < -0.4 is 0 Å². The quantitative estimate of drug-likeness (QED) is 0.244. The van der Waals surface area contributed by atoms with Gasteiger partial charge in [0.2, 0.25) is 0 Å². The lowest BCUT2D eigenvalue weighted by molar-refractivity contribution is 0.0833. The van der Waals surface area contributed by atoms with Gasteiger partial charge >= 0.3 is 0 Å². The molecule has 1 aromatic carbocycles. The first-order valence-electron chi connectivity index (χ1n) is 13.8. The molecule has 1 saturated heterocycles. The Hall–Kier alpha value is -0.726. The van der Waals surface area contributed by atoms with E-state index >= 15 is 0 Å². The highest BCUT2D eigenvalue weighted by molar-refractivity contribution is 6.74. The summed E-state index contributed by atoms with van der Waals surface area (Å²) in [6.07, 6.45) is 9.83. The van der Waals surface area contributed by atoms with E-state index in [0.29, 0.717) is 17.9 Å². The molecule has 2 aliphatic rings. The molecule has 1 aliphatic heterocycles. The standard InChI is InChI=1S/C30H52O3Si2/c1-29(2,3)34(7,8)32-24(17-16-23-14-12-11-13-15-23)18-19-25-26-20-21-31-27(26)22-28(25)33-35(9,10)30(4,5)6/h11-15,18-19,24-28H,16-17,20-22H2,1-10H3/b19-18+/t24-,25+,26+,27-,28+/m0/s1. The largest absolute Gasteiger partial charge is 0.413 e. The maximum Gasteiger partial charge on any atom is 0.192 e. The summed E-state index contributed by atoms with van der Waals surface area (Å²) < 4.78 is 20.1. The maximum absolute atomic E-state index is 7.00. The van der Waals surface area contributed by atoms with Crippen molar-refractivity contribution >= 4 is 16.6 Å². The van der Waals surface area contributed by atoms with Gasteiger partial charge in [-0.25, -0.2) is 0 Å². The molecule has 1 aromatic rings. The first-order valence-corrected chi connectivity index (χ1v) is 19.6. The van der Waals surface area contributed by atoms with Crippen LogP contribution in [-0.2, 0) is 20.0 Å². The third-order valence-electron chi connectivity index (χ3n) is 9.26. The molecule has 3 nitrogen and oxygen atoms in total. The Labute approximate surface area is 218 Å². The lowest BCUT2D eigenvalue weighted by atomic mass is 9.91. The van der Waals surface area contributed by atoms with Crippen molar-refractivity contribution in [2.75, 3.05) is 6.61 Å². The van der Waals surface area contributed by atoms with E-state index in [2.05, 4.69) is 110 Å². The van der Waals surface area contributed by atoms with Crippen LogP contribution in [0.1, 0.15) is 66.4 Å². The Morgan fingerprint density at radius 1 is 0.971 bits per heavy atom. The first-order chi connectivity index (χ1) is 16.1. The summed E-state index contributed by atoms with van der Waals surface area (Å²) in [5, 5.41) is 0.404. The van der Waals surface area contributed by atoms with E-state index in [1.54, 1.807) is 0 Å². The highest BCUT2D eigenvalue weighted by Gasteiger charge is 2.49. The smallest absolute Gasteiger partial charge is 0.192 e. The second kappa shape index (κ2) is 10.9. The van der Waals surface area contributed by atoms with Crippen molar-refractivity contribution in [1.82, 2.24) is 0 Å². The predicted octanol–water partition coefficient (Wildman–Crippen LogP) is 8.38. The molecule has 3 rings (SSSR count). The second-order valence-corrected chi connectivity index (χ2v) is 23.4. The van der Waals surface area contributed by atoms with Gasteiger partial charge in [0.25, 0.3) is 0 Å². The molecule has 5 heteroatoms. The third kappa shape index (κ3) is 7.19. The van der Waals surface area contributed by atoms with Crippen molar-refractivity contribution in [2.24, 2.45) is 11.8 Å². The summed E-state index contributed by atoms with van der Waals surface area (Å²) in [5.74, 6) is 0.988. The molecule has 0 aromatic heterocycles. The van der Waals surface area contributed by atoms with Gasteiger partial charge in [0.15, 0.2) is 16.6 Å². The summed E-state index contributed by atoms with van der Waals surface area (Å²) in [7, 11) is -3.74. The average molecular weight is 517 g/mol. The van der Waals surface area contributed by atoms with Crippen LogP contribution in [0, 0.1) is 11.8 Å². The minimum atomic E-state index is -1.89. The van der Waals surface area contributed by atoms with Crippen molar-refractivity contribution in [1.29, 1.82) is 0 Å². The summed E-state index contributed by atoms with van der Waals surface area (Å²) in [5.41, 5.74) is 1.38. The first kappa shape index (κ1) is 28.8. The molecule has 0 spiro atoms. The van der Waals surface area contributed by atoms with E-state index in [-0.39, 0.29) is 22.3 Å². The van der Waals surface area contributed by atoms with Gasteiger partial charge in [-0.2, -0.15) is 0 Å². The van der Waals surface area contributed by atoms with Crippen molar-refractivity contribution in [3.63, 3.8) is 0 Å². The monoisotopic (exact) mass is 516 g/mol. The molecule has 1 aliphatic carbocycles. The molecule has 1 heterocycles. The Balaban J connectivity index is 1.81. The van der Waals surface area contributed by atoms with Crippen LogP contribution in [0.2, 0.25) is 36.3 Å². The van der Waals surface area contributed by atoms with Crippen molar-refractivity contribution in [3.05, 3.63) is 48.0 Å². The molecule has 35 heavy (non-hydrogen) atoms. The van der Waals surface area contributed by atoms with Crippen molar-refractivity contribution in [3.8, 4) is 0 Å². The van der Waals surface area contributed by atoms with Crippen molar-refractivity contribution < 1.29 is 13.6 Å². The molecule has 2 fully saturated rings. The number of rotatable bonds is 9. The average Bonchev–Trinajstić information content (AvgIpc) is 3.30. The Morgan fingerprint density at radius 3 is 2.20 bits per heavy atom.